The van der Waals surface area contributed by atoms with Crippen LogP contribution in [0.2, 0.25) is 0 Å². The summed E-state index contributed by atoms with van der Waals surface area (Å²) in [6.45, 7) is 2.31. The van der Waals surface area contributed by atoms with Crippen molar-refractivity contribution >= 4 is 0 Å². The van der Waals surface area contributed by atoms with Gasteiger partial charge in [-0.05, 0) is 26.2 Å². The Morgan fingerprint density at radius 3 is 3.11 bits per heavy atom. The normalized spacial score (nSPS) is 48.3. The number of hydrogen-bond donors (Lipinski definition) is 1. The highest BCUT2D eigenvalue weighted by molar-refractivity contribution is 5.04. The Kier molecular flexibility index (Phi) is 3.07. The highest BCUT2D eigenvalue weighted by Gasteiger charge is 2.58. The SMILES string of the molecule is C[C@@H](C#N)CC1CC[C@@H]2O[C@@H]3C[C@]2(CO[C@H]3O)O1. The average molecular weight is 253 g/mol. The van der Waals surface area contributed by atoms with E-state index in [9.17, 15) is 5.11 Å². The lowest BCUT2D eigenvalue weighted by Gasteiger charge is -2.43. The molecule has 0 aromatic rings. The molecule has 6 atom stereocenters. The van der Waals surface area contributed by atoms with Crippen LogP contribution in [0, 0.1) is 17.2 Å². The van der Waals surface area contributed by atoms with E-state index in [2.05, 4.69) is 6.07 Å². The summed E-state index contributed by atoms with van der Waals surface area (Å²) in [5.41, 5.74) is -0.387. The minimum Gasteiger partial charge on any atom is -0.366 e. The zero-order valence-corrected chi connectivity index (χ0v) is 10.5. The Bertz CT molecular complexity index is 368. The van der Waals surface area contributed by atoms with Gasteiger partial charge >= 0.3 is 0 Å². The number of ether oxygens (including phenoxy) is 3. The molecule has 0 aliphatic carbocycles. The van der Waals surface area contributed by atoms with Crippen molar-refractivity contribution < 1.29 is 19.3 Å². The van der Waals surface area contributed by atoms with Gasteiger partial charge in [0.05, 0.1) is 24.9 Å². The Labute approximate surface area is 107 Å². The monoisotopic (exact) mass is 253 g/mol. The molecule has 0 radical (unpaired) electrons. The smallest absolute Gasteiger partial charge is 0.181 e. The lowest BCUT2D eigenvalue weighted by molar-refractivity contribution is -0.223. The van der Waals surface area contributed by atoms with Crippen molar-refractivity contribution in [3.8, 4) is 6.07 Å². The molecule has 5 nitrogen and oxygen atoms in total. The first kappa shape index (κ1) is 12.4. The molecule has 3 aliphatic rings. The number of rotatable bonds is 2. The maximum Gasteiger partial charge on any atom is 0.181 e. The molecule has 3 heterocycles. The molecule has 0 aromatic carbocycles. The van der Waals surface area contributed by atoms with Gasteiger partial charge in [-0.15, -0.1) is 0 Å². The van der Waals surface area contributed by atoms with Gasteiger partial charge in [0, 0.05) is 12.3 Å². The largest absolute Gasteiger partial charge is 0.366 e. The molecular weight excluding hydrogens is 234 g/mol. The van der Waals surface area contributed by atoms with Gasteiger partial charge in [0.25, 0.3) is 0 Å². The van der Waals surface area contributed by atoms with E-state index < -0.39 is 6.29 Å². The van der Waals surface area contributed by atoms with E-state index in [0.29, 0.717) is 13.0 Å². The van der Waals surface area contributed by atoms with Crippen LogP contribution in [0.15, 0.2) is 0 Å². The predicted molar refractivity (Wildman–Crippen MR) is 61.5 cm³/mol. The molecule has 0 amide bonds. The molecule has 1 spiro atoms. The van der Waals surface area contributed by atoms with Gasteiger partial charge in [0.1, 0.15) is 11.7 Å². The predicted octanol–water partition coefficient (Wildman–Crippen LogP) is 0.960. The van der Waals surface area contributed by atoms with Crippen LogP contribution in [-0.4, -0.2) is 41.9 Å². The van der Waals surface area contributed by atoms with Crippen molar-refractivity contribution in [2.45, 2.75) is 62.8 Å². The Balaban J connectivity index is 1.69. The van der Waals surface area contributed by atoms with Gasteiger partial charge in [0.2, 0.25) is 0 Å². The molecule has 3 aliphatic heterocycles. The van der Waals surface area contributed by atoms with Crippen molar-refractivity contribution in [1.82, 2.24) is 0 Å². The van der Waals surface area contributed by atoms with Crippen LogP contribution in [0.1, 0.15) is 32.6 Å². The molecule has 5 heteroatoms. The van der Waals surface area contributed by atoms with Crippen LogP contribution in [0.5, 0.6) is 0 Å². The van der Waals surface area contributed by atoms with Crippen molar-refractivity contribution in [3.05, 3.63) is 0 Å². The van der Waals surface area contributed by atoms with Crippen LogP contribution in [-0.2, 0) is 14.2 Å². The molecule has 3 saturated heterocycles. The second-order valence-corrected chi connectivity index (χ2v) is 5.72. The number of hydrogen-bond acceptors (Lipinski definition) is 5. The maximum absolute atomic E-state index is 9.64. The van der Waals surface area contributed by atoms with Crippen molar-refractivity contribution in [1.29, 1.82) is 5.26 Å². The van der Waals surface area contributed by atoms with Gasteiger partial charge in [-0.2, -0.15) is 5.26 Å². The summed E-state index contributed by atoms with van der Waals surface area (Å²) >= 11 is 0. The van der Waals surface area contributed by atoms with Crippen molar-refractivity contribution in [2.75, 3.05) is 6.61 Å². The van der Waals surface area contributed by atoms with Gasteiger partial charge in [-0.1, -0.05) is 0 Å². The zero-order chi connectivity index (χ0) is 12.8. The van der Waals surface area contributed by atoms with Crippen LogP contribution >= 0.6 is 0 Å². The molecule has 3 rings (SSSR count). The maximum atomic E-state index is 9.64. The first-order chi connectivity index (χ1) is 8.63. The topological polar surface area (TPSA) is 71.7 Å². The Hall–Kier alpha value is -0.670. The highest BCUT2D eigenvalue weighted by atomic mass is 16.7. The lowest BCUT2D eigenvalue weighted by Crippen LogP contribution is -2.54. The van der Waals surface area contributed by atoms with Gasteiger partial charge in [-0.25, -0.2) is 0 Å². The summed E-state index contributed by atoms with van der Waals surface area (Å²) in [4.78, 5) is 0. The number of fused-ring (bicyclic) bond motifs is 1. The van der Waals surface area contributed by atoms with E-state index in [-0.39, 0.29) is 29.8 Å². The zero-order valence-electron chi connectivity index (χ0n) is 10.5. The molecular formula is C13H19NO4. The van der Waals surface area contributed by atoms with E-state index in [4.69, 9.17) is 19.5 Å². The third-order valence-electron chi connectivity index (χ3n) is 4.28. The van der Waals surface area contributed by atoms with Gasteiger partial charge in [0.15, 0.2) is 6.29 Å². The fourth-order valence-corrected chi connectivity index (χ4v) is 3.34. The third kappa shape index (κ3) is 1.94. The summed E-state index contributed by atoms with van der Waals surface area (Å²) in [7, 11) is 0. The minimum absolute atomic E-state index is 0.0103. The Morgan fingerprint density at radius 1 is 1.50 bits per heavy atom. The van der Waals surface area contributed by atoms with E-state index in [1.54, 1.807) is 0 Å². The summed E-state index contributed by atoms with van der Waals surface area (Å²) < 4.78 is 17.3. The number of aliphatic hydroxyl groups is 1. The number of nitriles is 1. The molecule has 1 unspecified atom stereocenters. The summed E-state index contributed by atoms with van der Waals surface area (Å²) in [6, 6.07) is 2.25. The molecule has 0 saturated carbocycles. The van der Waals surface area contributed by atoms with Crippen LogP contribution < -0.4 is 0 Å². The molecule has 3 fully saturated rings. The fraction of sp³-hybridized carbons (Fsp3) is 0.923. The van der Waals surface area contributed by atoms with Crippen LogP contribution in [0.3, 0.4) is 0 Å². The van der Waals surface area contributed by atoms with Crippen LogP contribution in [0.25, 0.3) is 0 Å². The lowest BCUT2D eigenvalue weighted by atomic mass is 9.84. The summed E-state index contributed by atoms with van der Waals surface area (Å²) in [5.74, 6) is 0.0103. The standard InChI is InChI=1S/C13H19NO4/c1-8(6-14)4-9-2-3-11-13(18-9)5-10(17-11)12(15)16-7-13/h8-12,15H,2-5,7H2,1H3/t8-,9?,10-,11+,12-,13-/m1/s1. The van der Waals surface area contributed by atoms with E-state index >= 15 is 0 Å². The molecule has 2 bridgehead atoms. The Morgan fingerprint density at radius 2 is 2.33 bits per heavy atom. The van der Waals surface area contributed by atoms with Crippen molar-refractivity contribution in [2.24, 2.45) is 5.92 Å². The van der Waals surface area contributed by atoms with Crippen molar-refractivity contribution in [3.63, 3.8) is 0 Å². The minimum atomic E-state index is -0.818. The van der Waals surface area contributed by atoms with E-state index in [1.165, 1.54) is 0 Å². The highest BCUT2D eigenvalue weighted by Crippen LogP contribution is 2.46. The van der Waals surface area contributed by atoms with Gasteiger partial charge < -0.3 is 19.3 Å². The second-order valence-electron chi connectivity index (χ2n) is 5.72. The second kappa shape index (κ2) is 4.46. The number of nitrogens with zero attached hydrogens (tertiary/aromatic N) is 1. The molecule has 18 heavy (non-hydrogen) atoms. The third-order valence-corrected chi connectivity index (χ3v) is 4.28. The van der Waals surface area contributed by atoms with Crippen LogP contribution in [0.4, 0.5) is 0 Å². The quantitative estimate of drug-likeness (QED) is 0.793. The fourth-order valence-electron chi connectivity index (χ4n) is 3.34. The van der Waals surface area contributed by atoms with Gasteiger partial charge in [-0.3, -0.25) is 0 Å². The summed E-state index contributed by atoms with van der Waals surface area (Å²) in [6.07, 6.45) is 2.38. The first-order valence-electron chi connectivity index (χ1n) is 6.65. The number of aliphatic hydroxyl groups excluding tert-OH is 1. The first-order valence-corrected chi connectivity index (χ1v) is 6.65. The summed E-state index contributed by atoms with van der Waals surface area (Å²) in [5, 5.41) is 18.5. The van der Waals surface area contributed by atoms with E-state index in [1.807, 2.05) is 6.92 Å². The molecule has 0 aromatic heterocycles. The average Bonchev–Trinajstić information content (AvgIpc) is 2.68. The van der Waals surface area contributed by atoms with E-state index in [0.717, 1.165) is 19.3 Å². The molecule has 100 valence electrons. The molecule has 1 N–H and O–H groups in total.